The number of rotatable bonds is 11. The zero-order chi connectivity index (χ0) is 19.8. The summed E-state index contributed by atoms with van der Waals surface area (Å²) in [6, 6.07) is 11.7. The molecular weight excluding hydrogens is 352 g/mol. The first-order chi connectivity index (χ1) is 13.8. The number of benzene rings is 2. The van der Waals surface area contributed by atoms with Gasteiger partial charge in [-0.3, -0.25) is 0 Å². The number of ether oxygens (including phenoxy) is 2. The predicted octanol–water partition coefficient (Wildman–Crippen LogP) is 5.21. The van der Waals surface area contributed by atoms with Crippen molar-refractivity contribution in [3.8, 4) is 17.2 Å². The molecule has 2 aromatic carbocycles. The molecule has 0 amide bonds. The Morgan fingerprint density at radius 1 is 0.929 bits per heavy atom. The van der Waals surface area contributed by atoms with Crippen LogP contribution in [0.5, 0.6) is 11.5 Å². The molecule has 0 saturated heterocycles. The first-order valence-electron chi connectivity index (χ1n) is 10.1. The SMILES string of the molecule is CCCCCCCCOc1cc(NC)c(-n2nc3ccccc3n2)cc1OC. The maximum Gasteiger partial charge on any atom is 0.163 e. The number of hydrogen-bond donors (Lipinski definition) is 1. The Labute approximate surface area is 166 Å². The Kier molecular flexibility index (Phi) is 7.12. The molecule has 0 saturated carbocycles. The van der Waals surface area contributed by atoms with Gasteiger partial charge in [0.05, 0.1) is 19.4 Å². The highest BCUT2D eigenvalue weighted by molar-refractivity contribution is 5.75. The van der Waals surface area contributed by atoms with Crippen LogP contribution in [0.2, 0.25) is 0 Å². The van der Waals surface area contributed by atoms with Crippen molar-refractivity contribution in [3.05, 3.63) is 36.4 Å². The smallest absolute Gasteiger partial charge is 0.163 e. The average Bonchev–Trinajstić information content (AvgIpc) is 3.16. The number of aromatic nitrogens is 3. The van der Waals surface area contributed by atoms with Crippen molar-refractivity contribution in [2.75, 3.05) is 26.1 Å². The van der Waals surface area contributed by atoms with Crippen molar-refractivity contribution < 1.29 is 9.47 Å². The van der Waals surface area contributed by atoms with E-state index in [1.54, 1.807) is 11.9 Å². The highest BCUT2D eigenvalue weighted by Crippen LogP contribution is 2.35. The molecule has 3 rings (SSSR count). The van der Waals surface area contributed by atoms with E-state index in [4.69, 9.17) is 9.47 Å². The van der Waals surface area contributed by atoms with Crippen molar-refractivity contribution in [2.45, 2.75) is 45.4 Å². The van der Waals surface area contributed by atoms with Gasteiger partial charge in [0.25, 0.3) is 0 Å². The van der Waals surface area contributed by atoms with Crippen LogP contribution in [0.4, 0.5) is 5.69 Å². The number of anilines is 1. The van der Waals surface area contributed by atoms with Crippen LogP contribution >= 0.6 is 0 Å². The molecule has 0 fully saturated rings. The van der Waals surface area contributed by atoms with Gasteiger partial charge in [-0.25, -0.2) is 0 Å². The monoisotopic (exact) mass is 382 g/mol. The lowest BCUT2D eigenvalue weighted by molar-refractivity contribution is 0.284. The zero-order valence-electron chi connectivity index (χ0n) is 17.1. The van der Waals surface area contributed by atoms with E-state index < -0.39 is 0 Å². The van der Waals surface area contributed by atoms with E-state index in [1.807, 2.05) is 43.4 Å². The summed E-state index contributed by atoms with van der Waals surface area (Å²) in [5.74, 6) is 1.42. The van der Waals surface area contributed by atoms with Crippen LogP contribution < -0.4 is 14.8 Å². The summed E-state index contributed by atoms with van der Waals surface area (Å²) in [6.07, 6.45) is 7.42. The summed E-state index contributed by atoms with van der Waals surface area (Å²) in [7, 11) is 3.54. The predicted molar refractivity (Wildman–Crippen MR) is 114 cm³/mol. The van der Waals surface area contributed by atoms with Gasteiger partial charge in [0.15, 0.2) is 11.5 Å². The Morgan fingerprint density at radius 3 is 2.25 bits per heavy atom. The second kappa shape index (κ2) is 9.97. The van der Waals surface area contributed by atoms with Gasteiger partial charge in [-0.2, -0.15) is 0 Å². The fourth-order valence-electron chi connectivity index (χ4n) is 3.22. The van der Waals surface area contributed by atoms with Crippen LogP contribution in [-0.2, 0) is 0 Å². The molecule has 1 N–H and O–H groups in total. The Morgan fingerprint density at radius 2 is 1.61 bits per heavy atom. The van der Waals surface area contributed by atoms with Crippen LogP contribution in [0.15, 0.2) is 36.4 Å². The van der Waals surface area contributed by atoms with Gasteiger partial charge in [0.1, 0.15) is 16.7 Å². The molecule has 0 radical (unpaired) electrons. The molecule has 0 aliphatic heterocycles. The molecule has 150 valence electrons. The first-order valence-corrected chi connectivity index (χ1v) is 10.1. The van der Waals surface area contributed by atoms with E-state index in [2.05, 4.69) is 22.4 Å². The van der Waals surface area contributed by atoms with Crippen LogP contribution in [0.1, 0.15) is 45.4 Å². The van der Waals surface area contributed by atoms with Crippen LogP contribution in [0, 0.1) is 0 Å². The number of hydrogen-bond acceptors (Lipinski definition) is 5. The van der Waals surface area contributed by atoms with Crippen molar-refractivity contribution >= 4 is 16.7 Å². The molecule has 0 aliphatic carbocycles. The lowest BCUT2D eigenvalue weighted by atomic mass is 10.1. The van der Waals surface area contributed by atoms with E-state index in [-0.39, 0.29) is 0 Å². The second-order valence-electron chi connectivity index (χ2n) is 6.86. The molecule has 0 spiro atoms. The third kappa shape index (κ3) is 4.74. The standard InChI is InChI=1S/C22H30N4O2/c1-4-5-6-7-8-11-14-28-22-15-19(23-2)20(16-21(22)27-3)26-24-17-12-9-10-13-18(17)25-26/h9-10,12-13,15-16,23H,4-8,11,14H2,1-3H3. The third-order valence-electron chi connectivity index (χ3n) is 4.81. The van der Waals surface area contributed by atoms with Crippen LogP contribution in [0.3, 0.4) is 0 Å². The summed E-state index contributed by atoms with van der Waals surface area (Å²) in [6.45, 7) is 2.93. The van der Waals surface area contributed by atoms with Crippen molar-refractivity contribution in [3.63, 3.8) is 0 Å². The highest BCUT2D eigenvalue weighted by Gasteiger charge is 2.15. The second-order valence-corrected chi connectivity index (χ2v) is 6.86. The maximum atomic E-state index is 6.01. The molecule has 28 heavy (non-hydrogen) atoms. The lowest BCUT2D eigenvalue weighted by Crippen LogP contribution is -2.06. The summed E-state index contributed by atoms with van der Waals surface area (Å²) in [5.41, 5.74) is 3.42. The van der Waals surface area contributed by atoms with Crippen LogP contribution in [-0.4, -0.2) is 35.8 Å². The molecule has 3 aromatic rings. The minimum Gasteiger partial charge on any atom is -0.493 e. The number of nitrogens with zero attached hydrogens (tertiary/aromatic N) is 3. The molecule has 6 heteroatoms. The van der Waals surface area contributed by atoms with E-state index in [1.165, 1.54) is 32.1 Å². The molecule has 6 nitrogen and oxygen atoms in total. The van der Waals surface area contributed by atoms with Gasteiger partial charge in [0.2, 0.25) is 0 Å². The van der Waals surface area contributed by atoms with Crippen LogP contribution in [0.25, 0.3) is 16.7 Å². The molecule has 0 aliphatic rings. The minimum atomic E-state index is 0.682. The van der Waals surface area contributed by atoms with Gasteiger partial charge in [-0.1, -0.05) is 51.2 Å². The fraction of sp³-hybridized carbons (Fsp3) is 0.455. The van der Waals surface area contributed by atoms with E-state index in [0.29, 0.717) is 12.4 Å². The van der Waals surface area contributed by atoms with Gasteiger partial charge in [-0.05, 0) is 18.6 Å². The average molecular weight is 383 g/mol. The lowest BCUT2D eigenvalue weighted by Gasteiger charge is -2.15. The molecule has 0 bridgehead atoms. The van der Waals surface area contributed by atoms with E-state index in [0.717, 1.165) is 34.6 Å². The van der Waals surface area contributed by atoms with E-state index in [9.17, 15) is 0 Å². The maximum absolute atomic E-state index is 6.01. The van der Waals surface area contributed by atoms with Gasteiger partial charge < -0.3 is 14.8 Å². The quantitative estimate of drug-likeness (QED) is 0.461. The topological polar surface area (TPSA) is 61.2 Å². The summed E-state index contributed by atoms with van der Waals surface area (Å²) in [4.78, 5) is 1.64. The molecule has 1 aromatic heterocycles. The van der Waals surface area contributed by atoms with Gasteiger partial charge >= 0.3 is 0 Å². The van der Waals surface area contributed by atoms with Gasteiger partial charge in [0, 0.05) is 19.2 Å². The summed E-state index contributed by atoms with van der Waals surface area (Å²) >= 11 is 0. The number of unbranched alkanes of at least 4 members (excludes halogenated alkanes) is 5. The summed E-state index contributed by atoms with van der Waals surface area (Å²) in [5, 5.41) is 12.4. The van der Waals surface area contributed by atoms with Crippen molar-refractivity contribution in [1.82, 2.24) is 15.0 Å². The van der Waals surface area contributed by atoms with Crippen molar-refractivity contribution in [1.29, 1.82) is 0 Å². The third-order valence-corrected chi connectivity index (χ3v) is 4.81. The highest BCUT2D eigenvalue weighted by atomic mass is 16.5. The first kappa shape index (κ1) is 20.0. The zero-order valence-corrected chi connectivity index (χ0v) is 17.1. The molecule has 0 unspecified atom stereocenters. The normalized spacial score (nSPS) is 11.0. The number of methoxy groups -OCH3 is 1. The Balaban J connectivity index is 1.74. The minimum absolute atomic E-state index is 0.682. The molecular formula is C22H30N4O2. The number of nitrogens with one attached hydrogen (secondary N) is 1. The van der Waals surface area contributed by atoms with E-state index >= 15 is 0 Å². The Bertz CT molecular complexity index is 858. The largest absolute Gasteiger partial charge is 0.493 e. The molecule has 0 atom stereocenters. The number of fused-ring (bicyclic) bond motifs is 1. The summed E-state index contributed by atoms with van der Waals surface area (Å²) < 4.78 is 11.6. The van der Waals surface area contributed by atoms with Gasteiger partial charge in [-0.15, -0.1) is 15.0 Å². The fourth-order valence-corrected chi connectivity index (χ4v) is 3.22. The molecule has 1 heterocycles. The Hall–Kier alpha value is -2.76. The van der Waals surface area contributed by atoms with Crippen molar-refractivity contribution in [2.24, 2.45) is 0 Å².